The van der Waals surface area contributed by atoms with E-state index in [-0.39, 0.29) is 29.6 Å². The van der Waals surface area contributed by atoms with E-state index in [4.69, 9.17) is 10.6 Å². The molecule has 1 aliphatic rings. The van der Waals surface area contributed by atoms with Gasteiger partial charge < -0.3 is 10.1 Å². The average Bonchev–Trinajstić information content (AvgIpc) is 2.92. The van der Waals surface area contributed by atoms with E-state index in [0.29, 0.717) is 0 Å². The lowest BCUT2D eigenvalue weighted by Crippen LogP contribution is -2.31. The van der Waals surface area contributed by atoms with Gasteiger partial charge in [-0.3, -0.25) is 15.5 Å². The molecule has 1 aliphatic heterocycles. The Hall–Kier alpha value is -2.00. The van der Waals surface area contributed by atoms with Gasteiger partial charge in [-0.1, -0.05) is 0 Å². The highest BCUT2D eigenvalue weighted by molar-refractivity contribution is 5.57. The van der Waals surface area contributed by atoms with Crippen molar-refractivity contribution in [1.29, 1.82) is 0 Å². The number of ether oxygens (including phenoxy) is 1. The number of nitrogen functional groups attached to an aromatic ring is 1. The third-order valence-electron chi connectivity index (χ3n) is 2.98. The Kier molecular flexibility index (Phi) is 4.07. The topological polar surface area (TPSA) is 128 Å². The molecular formula is C10H16N6O3. The number of hydrogen-bond donors (Lipinski definition) is 3. The lowest BCUT2D eigenvalue weighted by Gasteiger charge is -2.20. The van der Waals surface area contributed by atoms with Crippen LogP contribution in [0, 0.1) is 10.1 Å². The molecule has 2 heterocycles. The van der Waals surface area contributed by atoms with E-state index < -0.39 is 4.92 Å². The highest BCUT2D eigenvalue weighted by Crippen LogP contribution is 2.25. The van der Waals surface area contributed by atoms with Gasteiger partial charge in [-0.2, -0.15) is 4.98 Å². The standard InChI is InChI=1S/C10H16N6O3/c1-6(8-3-2-4-19-8)13-9-7(16(17)18)5-12-10(14-9)15-11/h5-6,8H,2-4,11H2,1H3,(H2,12,13,14,15). The van der Waals surface area contributed by atoms with Gasteiger partial charge in [0, 0.05) is 6.61 Å². The molecule has 2 atom stereocenters. The summed E-state index contributed by atoms with van der Waals surface area (Å²) >= 11 is 0. The van der Waals surface area contributed by atoms with Crippen LogP contribution in [0.15, 0.2) is 6.20 Å². The molecule has 2 unspecified atom stereocenters. The molecule has 1 aromatic rings. The first-order valence-corrected chi connectivity index (χ1v) is 5.98. The minimum absolute atomic E-state index is 0.0313. The molecule has 0 spiro atoms. The summed E-state index contributed by atoms with van der Waals surface area (Å²) in [6, 6.07) is -0.0817. The molecule has 0 amide bonds. The van der Waals surface area contributed by atoms with Crippen LogP contribution in [-0.4, -0.2) is 33.6 Å². The summed E-state index contributed by atoms with van der Waals surface area (Å²) in [6.45, 7) is 2.62. The maximum atomic E-state index is 10.9. The normalized spacial score (nSPS) is 20.0. The quantitative estimate of drug-likeness (QED) is 0.403. The number of nitrogens with zero attached hydrogens (tertiary/aromatic N) is 3. The van der Waals surface area contributed by atoms with Crippen LogP contribution in [0.1, 0.15) is 19.8 Å². The van der Waals surface area contributed by atoms with Crippen LogP contribution < -0.4 is 16.6 Å². The van der Waals surface area contributed by atoms with Gasteiger partial charge in [0.25, 0.3) is 0 Å². The summed E-state index contributed by atoms with van der Waals surface area (Å²) in [5, 5.41) is 13.9. The zero-order valence-corrected chi connectivity index (χ0v) is 10.5. The highest BCUT2D eigenvalue weighted by atomic mass is 16.6. The van der Waals surface area contributed by atoms with Crippen LogP contribution >= 0.6 is 0 Å². The molecule has 0 saturated carbocycles. The zero-order chi connectivity index (χ0) is 13.8. The van der Waals surface area contributed by atoms with E-state index >= 15 is 0 Å². The van der Waals surface area contributed by atoms with Gasteiger partial charge in [-0.15, -0.1) is 0 Å². The fourth-order valence-corrected chi connectivity index (χ4v) is 1.99. The van der Waals surface area contributed by atoms with Crippen LogP contribution in [0.4, 0.5) is 17.5 Å². The fourth-order valence-electron chi connectivity index (χ4n) is 1.99. The van der Waals surface area contributed by atoms with E-state index in [1.807, 2.05) is 6.92 Å². The third-order valence-corrected chi connectivity index (χ3v) is 2.98. The minimum atomic E-state index is -0.537. The molecule has 1 saturated heterocycles. The molecule has 1 aromatic heterocycles. The predicted molar refractivity (Wildman–Crippen MR) is 68.6 cm³/mol. The summed E-state index contributed by atoms with van der Waals surface area (Å²) in [6.07, 6.45) is 3.07. The Balaban J connectivity index is 2.18. The molecule has 0 bridgehead atoms. The Bertz CT molecular complexity index is 463. The molecule has 0 radical (unpaired) electrons. The van der Waals surface area contributed by atoms with Gasteiger partial charge in [-0.05, 0) is 19.8 Å². The van der Waals surface area contributed by atoms with Gasteiger partial charge in [0.2, 0.25) is 11.8 Å². The average molecular weight is 268 g/mol. The third kappa shape index (κ3) is 3.06. The van der Waals surface area contributed by atoms with Crippen molar-refractivity contribution in [2.75, 3.05) is 17.3 Å². The van der Waals surface area contributed by atoms with Crippen molar-refractivity contribution in [3.05, 3.63) is 16.3 Å². The van der Waals surface area contributed by atoms with E-state index in [2.05, 4.69) is 20.7 Å². The van der Waals surface area contributed by atoms with Gasteiger partial charge in [-0.25, -0.2) is 10.8 Å². The van der Waals surface area contributed by atoms with Crippen molar-refractivity contribution in [1.82, 2.24) is 9.97 Å². The summed E-state index contributed by atoms with van der Waals surface area (Å²) in [4.78, 5) is 18.1. The number of rotatable bonds is 5. The summed E-state index contributed by atoms with van der Waals surface area (Å²) in [7, 11) is 0. The summed E-state index contributed by atoms with van der Waals surface area (Å²) < 4.78 is 5.53. The minimum Gasteiger partial charge on any atom is -0.376 e. The van der Waals surface area contributed by atoms with Crippen LogP contribution in [-0.2, 0) is 4.74 Å². The Morgan fingerprint density at radius 1 is 1.68 bits per heavy atom. The highest BCUT2D eigenvalue weighted by Gasteiger charge is 2.25. The number of hydrazine groups is 1. The largest absolute Gasteiger partial charge is 0.376 e. The van der Waals surface area contributed by atoms with Crippen LogP contribution in [0.3, 0.4) is 0 Å². The molecule has 0 aromatic carbocycles. The Morgan fingerprint density at radius 2 is 2.47 bits per heavy atom. The lowest BCUT2D eigenvalue weighted by atomic mass is 10.1. The Labute approximate surface area is 109 Å². The SMILES string of the molecule is CC(Nc1nc(NN)ncc1[N+](=O)[O-])C1CCCO1. The number of nitrogens with two attached hydrogens (primary N) is 1. The van der Waals surface area contributed by atoms with E-state index in [1.54, 1.807) is 0 Å². The van der Waals surface area contributed by atoms with Gasteiger partial charge in [0.05, 0.1) is 17.1 Å². The predicted octanol–water partition coefficient (Wildman–Crippen LogP) is 0.650. The van der Waals surface area contributed by atoms with Crippen molar-refractivity contribution in [3.8, 4) is 0 Å². The first-order valence-electron chi connectivity index (χ1n) is 5.98. The zero-order valence-electron chi connectivity index (χ0n) is 10.5. The van der Waals surface area contributed by atoms with Gasteiger partial charge >= 0.3 is 5.69 Å². The summed E-state index contributed by atoms with van der Waals surface area (Å²) in [5.41, 5.74) is 2.07. The molecule has 9 nitrogen and oxygen atoms in total. The number of nitro groups is 1. The molecule has 9 heteroatoms. The molecule has 1 fully saturated rings. The second-order valence-electron chi connectivity index (χ2n) is 4.31. The lowest BCUT2D eigenvalue weighted by molar-refractivity contribution is -0.384. The number of anilines is 2. The van der Waals surface area contributed by atoms with Crippen LogP contribution in [0.2, 0.25) is 0 Å². The number of aromatic nitrogens is 2. The van der Waals surface area contributed by atoms with Crippen molar-refractivity contribution < 1.29 is 9.66 Å². The molecule has 19 heavy (non-hydrogen) atoms. The first-order chi connectivity index (χ1) is 9.11. The van der Waals surface area contributed by atoms with Gasteiger partial charge in [0.15, 0.2) is 0 Å². The van der Waals surface area contributed by atoms with Crippen LogP contribution in [0.25, 0.3) is 0 Å². The second-order valence-corrected chi connectivity index (χ2v) is 4.31. The number of nitrogens with one attached hydrogen (secondary N) is 2. The smallest absolute Gasteiger partial charge is 0.329 e. The van der Waals surface area contributed by atoms with Crippen molar-refractivity contribution in [3.63, 3.8) is 0 Å². The maximum Gasteiger partial charge on any atom is 0.329 e. The fraction of sp³-hybridized carbons (Fsp3) is 0.600. The van der Waals surface area contributed by atoms with E-state index in [9.17, 15) is 10.1 Å². The molecule has 4 N–H and O–H groups in total. The molecule has 104 valence electrons. The monoisotopic (exact) mass is 268 g/mol. The first kappa shape index (κ1) is 13.4. The van der Waals surface area contributed by atoms with E-state index in [1.165, 1.54) is 0 Å². The van der Waals surface area contributed by atoms with Crippen LogP contribution in [0.5, 0.6) is 0 Å². The molecular weight excluding hydrogens is 252 g/mol. The second kappa shape index (κ2) is 5.76. The van der Waals surface area contributed by atoms with Crippen molar-refractivity contribution in [2.45, 2.75) is 31.9 Å². The number of hydrogen-bond acceptors (Lipinski definition) is 8. The molecule has 2 rings (SSSR count). The molecule has 0 aliphatic carbocycles. The maximum absolute atomic E-state index is 10.9. The van der Waals surface area contributed by atoms with E-state index in [0.717, 1.165) is 25.6 Å². The van der Waals surface area contributed by atoms with Crippen molar-refractivity contribution in [2.24, 2.45) is 5.84 Å². The summed E-state index contributed by atoms with van der Waals surface area (Å²) in [5.74, 6) is 5.45. The van der Waals surface area contributed by atoms with Gasteiger partial charge in [0.1, 0.15) is 6.20 Å². The van der Waals surface area contributed by atoms with Crippen molar-refractivity contribution >= 4 is 17.5 Å². The Morgan fingerprint density at radius 3 is 3.05 bits per heavy atom.